The van der Waals surface area contributed by atoms with Gasteiger partial charge in [0.15, 0.2) is 0 Å². The second-order valence-corrected chi connectivity index (χ2v) is 20.2. The maximum absolute atomic E-state index is 8.00. The van der Waals surface area contributed by atoms with Crippen LogP contribution in [-0.4, -0.2) is 4.33 Å². The van der Waals surface area contributed by atoms with Crippen LogP contribution >= 0.6 is 23.2 Å². The molecule has 5 aliphatic rings. The molecule has 0 unspecified atom stereocenters. The third kappa shape index (κ3) is 8.85. The third-order valence-corrected chi connectivity index (χ3v) is 17.7. The van der Waals surface area contributed by atoms with Gasteiger partial charge in [0.05, 0.1) is 0 Å². The molecule has 0 heterocycles. The summed E-state index contributed by atoms with van der Waals surface area (Å²) in [5.74, 6) is 3.73. The average molecular weight is 706 g/mol. The molecule has 5 aliphatic carbocycles. The lowest BCUT2D eigenvalue weighted by Gasteiger charge is -2.77. The van der Waals surface area contributed by atoms with Crippen molar-refractivity contribution in [2.24, 2.45) is 39.9 Å². The van der Waals surface area contributed by atoms with Gasteiger partial charge in [0.25, 0.3) is 0 Å². The topological polar surface area (TPSA) is 0 Å². The van der Waals surface area contributed by atoms with Gasteiger partial charge in [0.2, 0.25) is 0 Å². The Morgan fingerprint density at radius 3 is 1.27 bits per heavy atom. The molecule has 0 aliphatic heterocycles. The zero-order chi connectivity index (χ0) is 33.8. The van der Waals surface area contributed by atoms with E-state index < -0.39 is 4.33 Å². The fourth-order valence-electron chi connectivity index (χ4n) is 13.5. The number of hydrogen-bond donors (Lipinski definition) is 0. The first-order valence-electron chi connectivity index (χ1n) is 22.8. The summed E-state index contributed by atoms with van der Waals surface area (Å²) in [6.45, 7) is 4.66. The van der Waals surface area contributed by atoms with E-state index in [2.05, 4.69) is 13.8 Å². The highest BCUT2D eigenvalue weighted by molar-refractivity contribution is 6.50. The summed E-state index contributed by atoms with van der Waals surface area (Å²) in [5, 5.41) is 0. The average Bonchev–Trinajstić information content (AvgIpc) is 3.12. The molecule has 0 nitrogen and oxygen atoms in total. The van der Waals surface area contributed by atoms with Crippen molar-refractivity contribution in [3.8, 4) is 0 Å². The summed E-state index contributed by atoms with van der Waals surface area (Å²) in [5.41, 5.74) is 0.812. The molecule has 1 atom stereocenters. The molecule has 2 heteroatoms. The van der Waals surface area contributed by atoms with E-state index in [1.165, 1.54) is 231 Å². The molecule has 0 saturated heterocycles. The van der Waals surface area contributed by atoms with E-state index in [-0.39, 0.29) is 10.8 Å². The fourth-order valence-corrected chi connectivity index (χ4v) is 14.7. The van der Waals surface area contributed by atoms with Crippen molar-refractivity contribution in [1.82, 2.24) is 0 Å². The third-order valence-electron chi connectivity index (χ3n) is 16.1. The van der Waals surface area contributed by atoms with Crippen LogP contribution in [0.5, 0.6) is 0 Å². The highest BCUT2D eigenvalue weighted by Crippen LogP contribution is 2.84. The zero-order valence-electron chi connectivity index (χ0n) is 32.5. The Hall–Kier alpha value is 0.580. The van der Waals surface area contributed by atoms with Gasteiger partial charge in [0, 0.05) is 10.8 Å². The van der Waals surface area contributed by atoms with Gasteiger partial charge in [0.1, 0.15) is 4.33 Å². The van der Waals surface area contributed by atoms with Crippen molar-refractivity contribution in [1.29, 1.82) is 0 Å². The van der Waals surface area contributed by atoms with Crippen molar-refractivity contribution in [3.05, 3.63) is 0 Å². The van der Waals surface area contributed by atoms with Crippen LogP contribution in [0.4, 0.5) is 0 Å². The molecule has 5 fully saturated rings. The maximum atomic E-state index is 8.00. The first kappa shape index (κ1) is 39.8. The van der Waals surface area contributed by atoms with E-state index >= 15 is 0 Å². The van der Waals surface area contributed by atoms with E-state index in [1.54, 1.807) is 0 Å². The Bertz CT molecular complexity index is 830. The lowest BCUT2D eigenvalue weighted by atomic mass is 9.32. The summed E-state index contributed by atoms with van der Waals surface area (Å²) < 4.78 is -0.497. The predicted octanol–water partition coefficient (Wildman–Crippen LogP) is 16.7. The number of rotatable bonds is 20. The van der Waals surface area contributed by atoms with Gasteiger partial charge < -0.3 is 0 Å². The van der Waals surface area contributed by atoms with Gasteiger partial charge in [-0.2, -0.15) is 0 Å². The molecule has 0 aromatic carbocycles. The molecule has 0 bridgehead atoms. The smallest absolute Gasteiger partial charge is 0.100 e. The molecule has 5 saturated carbocycles. The molecule has 2 spiro atoms. The molecule has 0 amide bonds. The Balaban J connectivity index is 1.20. The minimum Gasteiger partial charge on any atom is -0.100 e. The summed E-state index contributed by atoms with van der Waals surface area (Å²) in [6.07, 6.45) is 51.9. The molecule has 0 N–H and O–H groups in total. The zero-order valence-corrected chi connectivity index (χ0v) is 34.0. The number of alkyl halides is 2. The summed E-state index contributed by atoms with van der Waals surface area (Å²) in [6, 6.07) is 0. The monoisotopic (exact) mass is 705 g/mol. The first-order valence-corrected chi connectivity index (χ1v) is 23.6. The van der Waals surface area contributed by atoms with Gasteiger partial charge in [-0.3, -0.25) is 0 Å². The SMILES string of the molecule is CCCCCCCCCCC1CCC(C2(C3CCC(CCCCCCCCCC)CC3)CCCC[C@]23CC2(CCCCC2)C3(Cl)Cl)CC1. The minimum atomic E-state index is -0.497. The molecule has 48 heavy (non-hydrogen) atoms. The number of hydrogen-bond acceptors (Lipinski definition) is 0. The molecule has 5 rings (SSSR count). The van der Waals surface area contributed by atoms with Gasteiger partial charge in [-0.1, -0.05) is 187 Å². The Morgan fingerprint density at radius 1 is 0.438 bits per heavy atom. The van der Waals surface area contributed by atoms with Crippen molar-refractivity contribution in [2.75, 3.05) is 0 Å². The molecule has 0 aromatic heterocycles. The molecule has 0 aromatic rings. The van der Waals surface area contributed by atoms with Crippen LogP contribution in [0, 0.1) is 39.9 Å². The first-order chi connectivity index (χ1) is 23.4. The van der Waals surface area contributed by atoms with E-state index in [4.69, 9.17) is 23.2 Å². The lowest BCUT2D eigenvalue weighted by molar-refractivity contribution is -0.236. The molecular weight excluding hydrogens is 623 g/mol. The van der Waals surface area contributed by atoms with Gasteiger partial charge in [-0.05, 0) is 86.9 Å². The Morgan fingerprint density at radius 2 is 0.833 bits per heavy atom. The van der Waals surface area contributed by atoms with Gasteiger partial charge in [-0.15, -0.1) is 23.2 Å². The number of unbranched alkanes of at least 4 members (excludes halogenated alkanes) is 14. The summed E-state index contributed by atoms with van der Waals surface area (Å²) in [7, 11) is 0. The maximum Gasteiger partial charge on any atom is 0.130 e. The van der Waals surface area contributed by atoms with Crippen molar-refractivity contribution in [3.63, 3.8) is 0 Å². The Labute approximate surface area is 311 Å². The fraction of sp³-hybridized carbons (Fsp3) is 1.00. The van der Waals surface area contributed by atoms with Crippen LogP contribution in [-0.2, 0) is 0 Å². The Kier molecular flexibility index (Phi) is 16.2. The quantitative estimate of drug-likeness (QED) is 0.0874. The number of halogens is 2. The van der Waals surface area contributed by atoms with E-state index in [0.29, 0.717) is 5.41 Å². The summed E-state index contributed by atoms with van der Waals surface area (Å²) in [4.78, 5) is 0. The molecular formula is C46H82Cl2. The second kappa shape index (κ2) is 19.6. The van der Waals surface area contributed by atoms with Crippen molar-refractivity contribution >= 4 is 23.2 Å². The van der Waals surface area contributed by atoms with Crippen LogP contribution in [0.15, 0.2) is 0 Å². The van der Waals surface area contributed by atoms with Crippen LogP contribution < -0.4 is 0 Å². The van der Waals surface area contributed by atoms with Crippen LogP contribution in [0.2, 0.25) is 0 Å². The van der Waals surface area contributed by atoms with Crippen LogP contribution in [0.1, 0.15) is 245 Å². The normalized spacial score (nSPS) is 34.8. The molecule has 280 valence electrons. The van der Waals surface area contributed by atoms with E-state index in [9.17, 15) is 0 Å². The minimum absolute atomic E-state index is 0.184. The van der Waals surface area contributed by atoms with Crippen LogP contribution in [0.25, 0.3) is 0 Å². The highest BCUT2D eigenvalue weighted by Gasteiger charge is 2.79. The highest BCUT2D eigenvalue weighted by atomic mass is 35.5. The lowest BCUT2D eigenvalue weighted by Crippen LogP contribution is -2.74. The predicted molar refractivity (Wildman–Crippen MR) is 213 cm³/mol. The van der Waals surface area contributed by atoms with Crippen LogP contribution in [0.3, 0.4) is 0 Å². The largest absolute Gasteiger partial charge is 0.130 e. The standard InChI is InChI=1S/C46H82Cl2/c1-3-5-7-9-11-13-15-18-24-39-26-30-41(31-27-39)45(42-32-28-40(29-33-42)25-19-16-14-12-10-8-6-4-2)37-23-22-36-44(45)38-43(46(44,47)48)34-20-17-21-35-43/h39-42H,3-38H2,1-2H3/t39?,40?,41?,42?,44-,45?/m0/s1. The van der Waals surface area contributed by atoms with E-state index in [1.807, 2.05) is 0 Å². The van der Waals surface area contributed by atoms with Crippen molar-refractivity contribution < 1.29 is 0 Å². The van der Waals surface area contributed by atoms with Crippen molar-refractivity contribution in [2.45, 2.75) is 249 Å². The van der Waals surface area contributed by atoms with Gasteiger partial charge >= 0.3 is 0 Å². The van der Waals surface area contributed by atoms with E-state index in [0.717, 1.165) is 23.7 Å². The summed E-state index contributed by atoms with van der Waals surface area (Å²) >= 11 is 16.0. The molecule has 0 radical (unpaired) electrons. The van der Waals surface area contributed by atoms with Gasteiger partial charge in [-0.25, -0.2) is 0 Å². The second-order valence-electron chi connectivity index (χ2n) is 18.9.